The van der Waals surface area contributed by atoms with Crippen molar-refractivity contribution in [1.82, 2.24) is 19.6 Å². The van der Waals surface area contributed by atoms with E-state index in [0.717, 1.165) is 15.9 Å². The summed E-state index contributed by atoms with van der Waals surface area (Å²) in [5, 5.41) is 8.51. The lowest BCUT2D eigenvalue weighted by Crippen LogP contribution is -1.96. The van der Waals surface area contributed by atoms with Crippen molar-refractivity contribution in [2.45, 2.75) is 0 Å². The monoisotopic (exact) mass is 255 g/mol. The first-order valence-electron chi connectivity index (χ1n) is 4.07. The van der Waals surface area contributed by atoms with Gasteiger partial charge >= 0.3 is 0 Å². The lowest BCUT2D eigenvalue weighted by Gasteiger charge is -1.90. The molecule has 0 saturated heterocycles. The summed E-state index contributed by atoms with van der Waals surface area (Å²) >= 11 is 3.41. The van der Waals surface area contributed by atoms with Crippen LogP contribution in [-0.2, 0) is 14.1 Å². The summed E-state index contributed by atoms with van der Waals surface area (Å²) in [6.07, 6.45) is 1.88. The van der Waals surface area contributed by atoms with E-state index in [9.17, 15) is 0 Å². The number of nitrogen functional groups attached to an aromatic ring is 1. The Labute approximate surface area is 89.6 Å². The van der Waals surface area contributed by atoms with E-state index in [1.165, 1.54) is 0 Å². The number of rotatable bonds is 1. The molecule has 74 valence electrons. The minimum absolute atomic E-state index is 0.623. The summed E-state index contributed by atoms with van der Waals surface area (Å²) in [5.41, 5.74) is 7.27. The van der Waals surface area contributed by atoms with Crippen molar-refractivity contribution in [3.8, 4) is 11.4 Å². The Morgan fingerprint density at radius 1 is 1.36 bits per heavy atom. The Morgan fingerprint density at radius 2 is 2.07 bits per heavy atom. The van der Waals surface area contributed by atoms with Crippen LogP contribution in [0, 0.1) is 0 Å². The van der Waals surface area contributed by atoms with Gasteiger partial charge in [-0.25, -0.2) is 0 Å². The first-order valence-corrected chi connectivity index (χ1v) is 4.86. The highest BCUT2D eigenvalue weighted by molar-refractivity contribution is 9.10. The van der Waals surface area contributed by atoms with Gasteiger partial charge in [-0.15, -0.1) is 0 Å². The van der Waals surface area contributed by atoms with Gasteiger partial charge in [0.05, 0.1) is 4.47 Å². The number of anilines is 1. The third kappa shape index (κ3) is 1.41. The van der Waals surface area contributed by atoms with Gasteiger partial charge in [-0.3, -0.25) is 9.36 Å². The number of nitrogens with two attached hydrogens (primary N) is 1. The van der Waals surface area contributed by atoms with E-state index < -0.39 is 0 Å². The molecule has 0 unspecified atom stereocenters. The van der Waals surface area contributed by atoms with E-state index in [1.807, 2.05) is 13.2 Å². The maximum absolute atomic E-state index is 5.69. The summed E-state index contributed by atoms with van der Waals surface area (Å²) in [4.78, 5) is 0. The van der Waals surface area contributed by atoms with Crippen molar-refractivity contribution in [2.24, 2.45) is 14.1 Å². The summed E-state index contributed by atoms with van der Waals surface area (Å²) in [7, 11) is 3.66. The van der Waals surface area contributed by atoms with Gasteiger partial charge in [0.15, 0.2) is 0 Å². The molecule has 0 saturated carbocycles. The number of aromatic nitrogens is 4. The molecule has 5 nitrogen and oxygen atoms in total. The minimum Gasteiger partial charge on any atom is -0.384 e. The molecule has 2 heterocycles. The number of nitrogens with zero attached hydrogens (tertiary/aromatic N) is 4. The van der Waals surface area contributed by atoms with Crippen LogP contribution in [0.1, 0.15) is 0 Å². The first-order chi connectivity index (χ1) is 6.58. The fourth-order valence-electron chi connectivity index (χ4n) is 1.23. The Morgan fingerprint density at radius 3 is 2.50 bits per heavy atom. The molecule has 0 atom stereocenters. The van der Waals surface area contributed by atoms with Gasteiger partial charge in [0, 0.05) is 26.4 Å². The second-order valence-corrected chi connectivity index (χ2v) is 3.93. The smallest absolute Gasteiger partial charge is 0.127 e. The fraction of sp³-hybridized carbons (Fsp3) is 0.250. The van der Waals surface area contributed by atoms with E-state index in [1.54, 1.807) is 22.5 Å². The fourth-order valence-corrected chi connectivity index (χ4v) is 1.81. The molecule has 0 radical (unpaired) electrons. The Balaban J connectivity index is 2.54. The quantitative estimate of drug-likeness (QED) is 0.832. The largest absolute Gasteiger partial charge is 0.384 e. The Kier molecular flexibility index (Phi) is 2.07. The van der Waals surface area contributed by atoms with E-state index in [-0.39, 0.29) is 0 Å². The van der Waals surface area contributed by atoms with Crippen LogP contribution >= 0.6 is 15.9 Å². The molecule has 0 fully saturated rings. The van der Waals surface area contributed by atoms with Crippen molar-refractivity contribution in [2.75, 3.05) is 5.73 Å². The van der Waals surface area contributed by atoms with Gasteiger partial charge in [0.2, 0.25) is 0 Å². The number of hydrogen-bond donors (Lipinski definition) is 1. The van der Waals surface area contributed by atoms with Gasteiger partial charge in [0.1, 0.15) is 17.2 Å². The molecule has 2 rings (SSSR count). The van der Waals surface area contributed by atoms with Crippen molar-refractivity contribution in [3.05, 3.63) is 16.7 Å². The molecular formula is C8H10BrN5. The number of aryl methyl sites for hydroxylation is 2. The van der Waals surface area contributed by atoms with Crippen molar-refractivity contribution >= 4 is 21.7 Å². The first kappa shape index (κ1) is 9.26. The molecule has 6 heteroatoms. The zero-order chi connectivity index (χ0) is 10.3. The van der Waals surface area contributed by atoms with Crippen molar-refractivity contribution in [3.63, 3.8) is 0 Å². The molecule has 0 aliphatic heterocycles. The summed E-state index contributed by atoms with van der Waals surface area (Å²) in [5.74, 6) is 0.623. The number of halogens is 1. The predicted octanol–water partition coefficient (Wildman–Crippen LogP) is 1.17. The average molecular weight is 256 g/mol. The highest BCUT2D eigenvalue weighted by Crippen LogP contribution is 2.26. The van der Waals surface area contributed by atoms with Crippen molar-refractivity contribution in [1.29, 1.82) is 0 Å². The van der Waals surface area contributed by atoms with Crippen LogP contribution in [0.3, 0.4) is 0 Å². The maximum Gasteiger partial charge on any atom is 0.127 e. The third-order valence-electron chi connectivity index (χ3n) is 1.94. The topological polar surface area (TPSA) is 61.7 Å². The molecule has 2 aromatic rings. The second kappa shape index (κ2) is 3.13. The van der Waals surface area contributed by atoms with Crippen LogP contribution in [0.5, 0.6) is 0 Å². The lowest BCUT2D eigenvalue weighted by atomic mass is 10.3. The molecule has 2 N–H and O–H groups in total. The van der Waals surface area contributed by atoms with Gasteiger partial charge in [0.25, 0.3) is 0 Å². The van der Waals surface area contributed by atoms with Crippen LogP contribution in [-0.4, -0.2) is 19.6 Å². The van der Waals surface area contributed by atoms with Gasteiger partial charge < -0.3 is 5.73 Å². The molecule has 0 amide bonds. The van der Waals surface area contributed by atoms with E-state index in [2.05, 4.69) is 26.1 Å². The summed E-state index contributed by atoms with van der Waals surface area (Å²) < 4.78 is 4.26. The Hall–Kier alpha value is -1.30. The van der Waals surface area contributed by atoms with E-state index >= 15 is 0 Å². The summed E-state index contributed by atoms with van der Waals surface area (Å²) in [6.45, 7) is 0. The Bertz CT molecular complexity index is 451. The van der Waals surface area contributed by atoms with Gasteiger partial charge in [-0.1, -0.05) is 0 Å². The molecule has 2 aromatic heterocycles. The van der Waals surface area contributed by atoms with E-state index in [0.29, 0.717) is 5.82 Å². The van der Waals surface area contributed by atoms with Crippen molar-refractivity contribution < 1.29 is 0 Å². The zero-order valence-electron chi connectivity index (χ0n) is 7.90. The van der Waals surface area contributed by atoms with Crippen LogP contribution in [0.4, 0.5) is 5.82 Å². The van der Waals surface area contributed by atoms with Crippen LogP contribution in [0.15, 0.2) is 16.7 Å². The molecule has 0 aliphatic rings. The second-order valence-electron chi connectivity index (χ2n) is 3.08. The van der Waals surface area contributed by atoms with Gasteiger partial charge in [-0.2, -0.15) is 10.2 Å². The molecule has 0 spiro atoms. The number of hydrogen-bond acceptors (Lipinski definition) is 3. The maximum atomic E-state index is 5.69. The molecule has 0 aliphatic carbocycles. The SMILES string of the molecule is Cn1cc(Br)c(-c2cc(N)n(C)n2)n1. The predicted molar refractivity (Wildman–Crippen MR) is 57.5 cm³/mol. The van der Waals surface area contributed by atoms with Gasteiger partial charge in [-0.05, 0) is 15.9 Å². The van der Waals surface area contributed by atoms with Crippen LogP contribution in [0.2, 0.25) is 0 Å². The average Bonchev–Trinajstić information content (AvgIpc) is 2.57. The van der Waals surface area contributed by atoms with Crippen LogP contribution < -0.4 is 5.73 Å². The highest BCUT2D eigenvalue weighted by Gasteiger charge is 2.11. The molecule has 14 heavy (non-hydrogen) atoms. The zero-order valence-corrected chi connectivity index (χ0v) is 9.48. The third-order valence-corrected chi connectivity index (χ3v) is 2.52. The normalized spacial score (nSPS) is 10.8. The summed E-state index contributed by atoms with van der Waals surface area (Å²) in [6, 6.07) is 1.80. The molecular weight excluding hydrogens is 246 g/mol. The highest BCUT2D eigenvalue weighted by atomic mass is 79.9. The van der Waals surface area contributed by atoms with E-state index in [4.69, 9.17) is 5.73 Å². The standard InChI is InChI=1S/C8H10BrN5/c1-13-4-5(9)8(12-13)6-3-7(10)14(2)11-6/h3-4H,10H2,1-2H3. The minimum atomic E-state index is 0.623. The molecule has 0 aromatic carbocycles. The molecule has 0 bridgehead atoms. The van der Waals surface area contributed by atoms with Crippen LogP contribution in [0.25, 0.3) is 11.4 Å². The lowest BCUT2D eigenvalue weighted by molar-refractivity contribution is 0.760.